The molecule has 0 bridgehead atoms. The Hall–Kier alpha value is -1.13. The highest BCUT2D eigenvalue weighted by molar-refractivity contribution is 7.20. The van der Waals surface area contributed by atoms with Crippen molar-refractivity contribution in [2.24, 2.45) is 0 Å². The quantitative estimate of drug-likeness (QED) is 0.765. The molecule has 1 fully saturated rings. The van der Waals surface area contributed by atoms with Crippen LogP contribution in [0.1, 0.15) is 25.3 Å². The van der Waals surface area contributed by atoms with Crippen LogP contribution in [0.5, 0.6) is 0 Å². The van der Waals surface area contributed by atoms with Gasteiger partial charge in [0.15, 0.2) is 0 Å². The molecule has 88 valence electrons. The van der Waals surface area contributed by atoms with E-state index in [4.69, 9.17) is 4.74 Å². The number of cyclic esters (lactones) is 1. The molecule has 1 aliphatic heterocycles. The molecule has 0 radical (unpaired) electrons. The Balaban J connectivity index is 2.05. The molecule has 1 aliphatic rings. The Kier molecular flexibility index (Phi) is 2.56. The van der Waals surface area contributed by atoms with Gasteiger partial charge in [-0.1, -0.05) is 6.07 Å². The van der Waals surface area contributed by atoms with Crippen molar-refractivity contribution in [1.29, 1.82) is 0 Å². The summed E-state index contributed by atoms with van der Waals surface area (Å²) < 4.78 is 5.50. The number of carbonyl (C=O) groups excluding carboxylic acids is 1. The molecule has 1 atom stereocenters. The first-order valence-corrected chi connectivity index (χ1v) is 7.29. The first kappa shape index (κ1) is 11.0. The lowest BCUT2D eigenvalue weighted by Crippen LogP contribution is -2.20. The summed E-state index contributed by atoms with van der Waals surface area (Å²) in [6.07, 6.45) is 1.30. The van der Waals surface area contributed by atoms with E-state index in [1.165, 1.54) is 9.75 Å². The van der Waals surface area contributed by atoms with Crippen LogP contribution in [0.15, 0.2) is 29.0 Å². The lowest BCUT2D eigenvalue weighted by atomic mass is 9.93. The summed E-state index contributed by atoms with van der Waals surface area (Å²) in [7, 11) is 0. The summed E-state index contributed by atoms with van der Waals surface area (Å²) in [4.78, 5) is 13.8. The van der Waals surface area contributed by atoms with Crippen LogP contribution >= 0.6 is 22.7 Å². The molecule has 0 aliphatic carbocycles. The fraction of sp³-hybridized carbons (Fsp3) is 0.308. The minimum absolute atomic E-state index is 0.0872. The Morgan fingerprint density at radius 1 is 1.29 bits per heavy atom. The molecule has 4 heteroatoms. The van der Waals surface area contributed by atoms with Crippen molar-refractivity contribution in [3.63, 3.8) is 0 Å². The monoisotopic (exact) mass is 264 g/mol. The van der Waals surface area contributed by atoms with E-state index < -0.39 is 5.60 Å². The normalized spacial score (nSPS) is 23.9. The van der Waals surface area contributed by atoms with Crippen LogP contribution in [0.25, 0.3) is 9.75 Å². The summed E-state index contributed by atoms with van der Waals surface area (Å²) in [5.41, 5.74) is 0.715. The number of carbonyl (C=O) groups is 1. The van der Waals surface area contributed by atoms with Crippen molar-refractivity contribution in [1.82, 2.24) is 0 Å². The molecule has 0 saturated carbocycles. The van der Waals surface area contributed by atoms with E-state index in [-0.39, 0.29) is 5.97 Å². The molecule has 2 aromatic rings. The van der Waals surface area contributed by atoms with Crippen molar-refractivity contribution in [2.75, 3.05) is 0 Å². The molecular formula is C13H12O2S2. The number of esters is 1. The molecule has 1 unspecified atom stereocenters. The predicted octanol–water partition coefficient (Wildman–Crippen LogP) is 4.03. The molecule has 17 heavy (non-hydrogen) atoms. The third kappa shape index (κ3) is 1.81. The Bertz CT molecular complexity index is 542. The van der Waals surface area contributed by atoms with E-state index >= 15 is 0 Å². The van der Waals surface area contributed by atoms with E-state index in [1.54, 1.807) is 22.7 Å². The third-order valence-corrected chi connectivity index (χ3v) is 5.09. The van der Waals surface area contributed by atoms with Crippen LogP contribution < -0.4 is 0 Å². The van der Waals surface area contributed by atoms with Crippen LogP contribution in [0.2, 0.25) is 0 Å². The van der Waals surface area contributed by atoms with E-state index in [0.29, 0.717) is 6.42 Å². The maximum Gasteiger partial charge on any atom is 0.306 e. The lowest BCUT2D eigenvalue weighted by Gasteiger charge is -2.23. The smallest absolute Gasteiger partial charge is 0.306 e. The average molecular weight is 264 g/mol. The van der Waals surface area contributed by atoms with Gasteiger partial charge in [-0.15, -0.1) is 22.7 Å². The topological polar surface area (TPSA) is 26.3 Å². The molecule has 0 spiro atoms. The van der Waals surface area contributed by atoms with Gasteiger partial charge in [-0.05, 0) is 29.8 Å². The molecule has 0 aromatic carbocycles. The van der Waals surface area contributed by atoms with Gasteiger partial charge in [0.25, 0.3) is 0 Å². The second-order valence-electron chi connectivity index (χ2n) is 4.35. The largest absolute Gasteiger partial charge is 0.454 e. The summed E-state index contributed by atoms with van der Waals surface area (Å²) in [6.45, 7) is 2.01. The highest BCUT2D eigenvalue weighted by Crippen LogP contribution is 2.44. The van der Waals surface area contributed by atoms with Crippen molar-refractivity contribution in [2.45, 2.75) is 25.4 Å². The van der Waals surface area contributed by atoms with E-state index in [9.17, 15) is 4.79 Å². The van der Waals surface area contributed by atoms with Gasteiger partial charge in [0.05, 0.1) is 4.88 Å². The van der Waals surface area contributed by atoms with Crippen molar-refractivity contribution in [3.8, 4) is 9.75 Å². The molecule has 3 heterocycles. The summed E-state index contributed by atoms with van der Waals surface area (Å²) in [5, 5.41) is 4.14. The van der Waals surface area contributed by atoms with Gasteiger partial charge in [-0.25, -0.2) is 0 Å². The van der Waals surface area contributed by atoms with Gasteiger partial charge in [0, 0.05) is 23.3 Å². The second-order valence-corrected chi connectivity index (χ2v) is 6.21. The number of thiophene rings is 2. The van der Waals surface area contributed by atoms with Crippen LogP contribution in [0, 0.1) is 0 Å². The van der Waals surface area contributed by atoms with Crippen molar-refractivity contribution < 1.29 is 9.53 Å². The van der Waals surface area contributed by atoms with Gasteiger partial charge in [0.2, 0.25) is 0 Å². The molecule has 1 saturated heterocycles. The second kappa shape index (κ2) is 3.96. The van der Waals surface area contributed by atoms with E-state index in [2.05, 4.69) is 22.9 Å². The highest BCUT2D eigenvalue weighted by Gasteiger charge is 2.39. The maximum absolute atomic E-state index is 11.3. The Labute approximate surface area is 108 Å². The Morgan fingerprint density at radius 2 is 2.18 bits per heavy atom. The van der Waals surface area contributed by atoms with E-state index in [1.807, 2.05) is 13.0 Å². The standard InChI is InChI=1S/C13H12O2S2/c1-13(6-4-11(14)15-13)9-5-8-17-12(9)10-3-2-7-16-10/h2-3,5,7-8H,4,6H2,1H3. The van der Waals surface area contributed by atoms with Crippen LogP contribution in [0.4, 0.5) is 0 Å². The number of hydrogen-bond acceptors (Lipinski definition) is 4. The maximum atomic E-state index is 11.3. The predicted molar refractivity (Wildman–Crippen MR) is 70.3 cm³/mol. The number of ether oxygens (including phenoxy) is 1. The van der Waals surface area contributed by atoms with Gasteiger partial charge >= 0.3 is 5.97 Å². The van der Waals surface area contributed by atoms with E-state index in [0.717, 1.165) is 12.0 Å². The zero-order chi connectivity index (χ0) is 11.9. The minimum Gasteiger partial charge on any atom is -0.454 e. The summed E-state index contributed by atoms with van der Waals surface area (Å²) >= 11 is 3.44. The molecule has 0 N–H and O–H groups in total. The molecule has 2 nitrogen and oxygen atoms in total. The molecule has 3 rings (SSSR count). The van der Waals surface area contributed by atoms with Gasteiger partial charge in [-0.3, -0.25) is 4.79 Å². The molecule has 2 aromatic heterocycles. The van der Waals surface area contributed by atoms with Crippen LogP contribution in [-0.4, -0.2) is 5.97 Å². The lowest BCUT2D eigenvalue weighted by molar-refractivity contribution is -0.147. The Morgan fingerprint density at radius 3 is 2.82 bits per heavy atom. The van der Waals surface area contributed by atoms with Gasteiger partial charge in [-0.2, -0.15) is 0 Å². The van der Waals surface area contributed by atoms with Crippen molar-refractivity contribution >= 4 is 28.6 Å². The van der Waals surface area contributed by atoms with Crippen molar-refractivity contribution in [3.05, 3.63) is 34.5 Å². The first-order chi connectivity index (χ1) is 8.19. The summed E-state index contributed by atoms with van der Waals surface area (Å²) in [5.74, 6) is -0.0872. The first-order valence-electron chi connectivity index (χ1n) is 5.53. The zero-order valence-corrected chi connectivity index (χ0v) is 11.1. The van der Waals surface area contributed by atoms with Crippen LogP contribution in [0.3, 0.4) is 0 Å². The molecular weight excluding hydrogens is 252 g/mol. The average Bonchev–Trinajstić information content (AvgIpc) is 2.97. The number of hydrogen-bond donors (Lipinski definition) is 0. The molecule has 0 amide bonds. The third-order valence-electron chi connectivity index (χ3n) is 3.13. The minimum atomic E-state index is -0.434. The van der Waals surface area contributed by atoms with Gasteiger partial charge in [0.1, 0.15) is 5.60 Å². The van der Waals surface area contributed by atoms with Gasteiger partial charge < -0.3 is 4.74 Å². The van der Waals surface area contributed by atoms with Crippen LogP contribution in [-0.2, 0) is 15.1 Å². The fourth-order valence-corrected chi connectivity index (χ4v) is 4.11. The summed E-state index contributed by atoms with van der Waals surface area (Å²) in [6, 6.07) is 6.24. The highest BCUT2D eigenvalue weighted by atomic mass is 32.1. The number of rotatable bonds is 2. The fourth-order valence-electron chi connectivity index (χ4n) is 2.21. The zero-order valence-electron chi connectivity index (χ0n) is 9.43. The SMILES string of the molecule is CC1(c2ccsc2-c2cccs2)CCC(=O)O1.